The largest absolute Gasteiger partial charge is 0.399 e. The molecule has 1 aromatic rings. The maximum atomic E-state index is 13.6. The maximum absolute atomic E-state index is 13.6. The molecule has 0 amide bonds. The van der Waals surface area contributed by atoms with E-state index in [1.54, 1.807) is 12.0 Å². The van der Waals surface area contributed by atoms with Crippen LogP contribution >= 0.6 is 0 Å². The van der Waals surface area contributed by atoms with Crippen LogP contribution in [0.3, 0.4) is 0 Å². The zero-order valence-corrected chi connectivity index (χ0v) is 9.04. The number of ether oxygens (including phenoxy) is 1. The first-order chi connectivity index (χ1) is 7.61. The van der Waals surface area contributed by atoms with Crippen molar-refractivity contribution in [2.45, 2.75) is 12.5 Å². The normalized spacial score (nSPS) is 20.4. The number of nitrogens with two attached hydrogens (primary N) is 1. The fourth-order valence-electron chi connectivity index (χ4n) is 2.01. The zero-order chi connectivity index (χ0) is 11.7. The number of hydrogen-bond acceptors (Lipinski definition) is 3. The topological polar surface area (TPSA) is 38.5 Å². The van der Waals surface area contributed by atoms with Crippen molar-refractivity contribution in [1.29, 1.82) is 0 Å². The molecule has 1 aromatic carbocycles. The lowest BCUT2D eigenvalue weighted by Crippen LogP contribution is -2.24. The lowest BCUT2D eigenvalue weighted by Gasteiger charge is -2.19. The van der Waals surface area contributed by atoms with E-state index in [2.05, 4.69) is 0 Å². The summed E-state index contributed by atoms with van der Waals surface area (Å²) in [6.45, 7) is 1.10. The molecule has 0 aliphatic carbocycles. The number of hydrogen-bond donors (Lipinski definition) is 1. The van der Waals surface area contributed by atoms with Crippen molar-refractivity contribution in [3.8, 4) is 0 Å². The predicted octanol–water partition coefficient (Wildman–Crippen LogP) is 1.77. The number of nitrogens with zero attached hydrogens (tertiary/aromatic N) is 1. The van der Waals surface area contributed by atoms with E-state index in [0.717, 1.165) is 18.6 Å². The molecule has 1 heterocycles. The molecule has 1 fully saturated rings. The van der Waals surface area contributed by atoms with Gasteiger partial charge in [-0.2, -0.15) is 0 Å². The predicted molar refractivity (Wildman–Crippen MR) is 58.4 cm³/mol. The van der Waals surface area contributed by atoms with Gasteiger partial charge in [-0.1, -0.05) is 0 Å². The van der Waals surface area contributed by atoms with Gasteiger partial charge < -0.3 is 15.4 Å². The van der Waals surface area contributed by atoms with Crippen LogP contribution in [0.2, 0.25) is 0 Å². The van der Waals surface area contributed by atoms with Crippen LogP contribution in [0.5, 0.6) is 0 Å². The summed E-state index contributed by atoms with van der Waals surface area (Å²) < 4.78 is 32.3. The Hall–Kier alpha value is -1.36. The van der Waals surface area contributed by atoms with Gasteiger partial charge in [0.15, 0.2) is 11.6 Å². The minimum absolute atomic E-state index is 0.00579. The molecule has 1 aliphatic heterocycles. The lowest BCUT2D eigenvalue weighted by molar-refractivity contribution is 0.121. The molecule has 1 aliphatic rings. The van der Waals surface area contributed by atoms with Gasteiger partial charge in [0.25, 0.3) is 0 Å². The molecular weight excluding hydrogens is 214 g/mol. The van der Waals surface area contributed by atoms with Crippen LogP contribution in [0.1, 0.15) is 6.42 Å². The molecule has 1 saturated heterocycles. The van der Waals surface area contributed by atoms with Crippen LogP contribution in [-0.2, 0) is 4.74 Å². The Morgan fingerprint density at radius 1 is 1.38 bits per heavy atom. The maximum Gasteiger partial charge on any atom is 0.151 e. The number of halogens is 2. The highest BCUT2D eigenvalue weighted by Crippen LogP contribution is 2.29. The first kappa shape index (κ1) is 11.1. The Bertz CT molecular complexity index is 375. The summed E-state index contributed by atoms with van der Waals surface area (Å²) in [4.78, 5) is 1.65. The number of rotatable bonds is 2. The molecule has 3 nitrogen and oxygen atoms in total. The van der Waals surface area contributed by atoms with Crippen molar-refractivity contribution in [1.82, 2.24) is 0 Å². The summed E-state index contributed by atoms with van der Waals surface area (Å²) in [5, 5.41) is 0. The van der Waals surface area contributed by atoms with Crippen molar-refractivity contribution < 1.29 is 13.5 Å². The van der Waals surface area contributed by atoms with E-state index >= 15 is 0 Å². The lowest BCUT2D eigenvalue weighted by atomic mass is 10.2. The van der Waals surface area contributed by atoms with Crippen LogP contribution in [0.15, 0.2) is 12.1 Å². The van der Waals surface area contributed by atoms with E-state index in [1.165, 1.54) is 0 Å². The number of benzene rings is 1. The fourth-order valence-corrected chi connectivity index (χ4v) is 2.01. The average Bonchev–Trinajstić information content (AvgIpc) is 2.64. The smallest absolute Gasteiger partial charge is 0.151 e. The number of nitrogen functional groups attached to an aromatic ring is 1. The molecule has 0 aromatic heterocycles. The van der Waals surface area contributed by atoms with Crippen LogP contribution in [-0.4, -0.2) is 26.3 Å². The van der Waals surface area contributed by atoms with Gasteiger partial charge in [0.1, 0.15) is 5.69 Å². The van der Waals surface area contributed by atoms with E-state index in [-0.39, 0.29) is 17.5 Å². The quantitative estimate of drug-likeness (QED) is 0.784. The van der Waals surface area contributed by atoms with Gasteiger partial charge in [-0.3, -0.25) is 0 Å². The van der Waals surface area contributed by atoms with Gasteiger partial charge in [-0.05, 0) is 18.6 Å². The van der Waals surface area contributed by atoms with Gasteiger partial charge in [0.2, 0.25) is 0 Å². The second kappa shape index (κ2) is 4.25. The van der Waals surface area contributed by atoms with Crippen LogP contribution in [0, 0.1) is 11.6 Å². The molecule has 2 rings (SSSR count). The summed E-state index contributed by atoms with van der Waals surface area (Å²) in [6, 6.07) is 2.27. The Morgan fingerprint density at radius 2 is 2.00 bits per heavy atom. The third-order valence-corrected chi connectivity index (χ3v) is 2.83. The summed E-state index contributed by atoms with van der Waals surface area (Å²) in [6.07, 6.45) is 0.816. The third-order valence-electron chi connectivity index (χ3n) is 2.83. The minimum Gasteiger partial charge on any atom is -0.399 e. The van der Waals surface area contributed by atoms with Gasteiger partial charge in [-0.15, -0.1) is 0 Å². The van der Waals surface area contributed by atoms with Crippen molar-refractivity contribution in [3.63, 3.8) is 0 Å². The SMILES string of the molecule is COC1CCN(c2c(F)cc(N)cc2F)C1. The van der Waals surface area contributed by atoms with Crippen LogP contribution in [0.25, 0.3) is 0 Å². The van der Waals surface area contributed by atoms with E-state index < -0.39 is 11.6 Å². The molecule has 0 saturated carbocycles. The Balaban J connectivity index is 2.28. The molecule has 0 spiro atoms. The van der Waals surface area contributed by atoms with E-state index in [4.69, 9.17) is 10.5 Å². The van der Waals surface area contributed by atoms with E-state index in [1.807, 2.05) is 0 Å². The first-order valence-corrected chi connectivity index (χ1v) is 5.14. The highest BCUT2D eigenvalue weighted by atomic mass is 19.1. The van der Waals surface area contributed by atoms with Crippen LogP contribution in [0.4, 0.5) is 20.2 Å². The average molecular weight is 228 g/mol. The summed E-state index contributed by atoms with van der Waals surface area (Å²) in [5.74, 6) is -1.23. The molecule has 2 N–H and O–H groups in total. The molecule has 1 atom stereocenters. The van der Waals surface area contributed by atoms with Crippen molar-refractivity contribution in [2.75, 3.05) is 30.8 Å². The molecule has 88 valence electrons. The highest BCUT2D eigenvalue weighted by molar-refractivity contribution is 5.56. The number of anilines is 2. The zero-order valence-electron chi connectivity index (χ0n) is 9.04. The molecular formula is C11H14F2N2O. The Kier molecular flexibility index (Phi) is 2.96. The Morgan fingerprint density at radius 3 is 2.50 bits per heavy atom. The Labute approximate surface area is 92.8 Å². The fraction of sp³-hybridized carbons (Fsp3) is 0.455. The number of methoxy groups -OCH3 is 1. The van der Waals surface area contributed by atoms with Crippen LogP contribution < -0.4 is 10.6 Å². The van der Waals surface area contributed by atoms with E-state index in [9.17, 15) is 8.78 Å². The van der Waals surface area contributed by atoms with Crippen molar-refractivity contribution in [2.24, 2.45) is 0 Å². The van der Waals surface area contributed by atoms with E-state index in [0.29, 0.717) is 13.1 Å². The standard InChI is InChI=1S/C11H14F2N2O/c1-16-8-2-3-15(6-8)11-9(12)4-7(14)5-10(11)13/h4-5,8H,2-3,6,14H2,1H3. The molecule has 0 radical (unpaired) electrons. The van der Waals surface area contributed by atoms with Gasteiger partial charge in [-0.25, -0.2) is 8.78 Å². The van der Waals surface area contributed by atoms with Crippen molar-refractivity contribution >= 4 is 11.4 Å². The molecule has 5 heteroatoms. The van der Waals surface area contributed by atoms with Gasteiger partial charge >= 0.3 is 0 Å². The molecule has 1 unspecified atom stereocenters. The monoisotopic (exact) mass is 228 g/mol. The van der Waals surface area contributed by atoms with Gasteiger partial charge in [0, 0.05) is 25.9 Å². The van der Waals surface area contributed by atoms with Crippen molar-refractivity contribution in [3.05, 3.63) is 23.8 Å². The third kappa shape index (κ3) is 1.95. The summed E-state index contributed by atoms with van der Waals surface area (Å²) in [5.41, 5.74) is 5.45. The second-order valence-electron chi connectivity index (χ2n) is 3.93. The molecule has 0 bridgehead atoms. The first-order valence-electron chi connectivity index (χ1n) is 5.14. The van der Waals surface area contributed by atoms with Gasteiger partial charge in [0.05, 0.1) is 6.10 Å². The summed E-state index contributed by atoms with van der Waals surface area (Å²) in [7, 11) is 1.60. The highest BCUT2D eigenvalue weighted by Gasteiger charge is 2.26. The minimum atomic E-state index is -0.616. The summed E-state index contributed by atoms with van der Waals surface area (Å²) >= 11 is 0. The molecule has 16 heavy (non-hydrogen) atoms. The second-order valence-corrected chi connectivity index (χ2v) is 3.93.